The molecule has 6 rings (SSSR count). The molecular formula is C42H59FN2O6S. The first-order chi connectivity index (χ1) is 24.2. The van der Waals surface area contributed by atoms with E-state index in [4.69, 9.17) is 14.8 Å². The smallest absolute Gasteiger partial charge is 0.309 e. The number of hydrogen-bond donors (Lipinski definition) is 2. The van der Waals surface area contributed by atoms with Gasteiger partial charge in [0, 0.05) is 11.8 Å². The first-order valence-corrected chi connectivity index (χ1v) is 20.0. The number of nitrogens with zero attached hydrogens (tertiary/aromatic N) is 1. The van der Waals surface area contributed by atoms with Gasteiger partial charge in [-0.1, -0.05) is 54.5 Å². The van der Waals surface area contributed by atoms with E-state index in [9.17, 15) is 23.9 Å². The zero-order valence-electron chi connectivity index (χ0n) is 32.6. The van der Waals surface area contributed by atoms with Gasteiger partial charge in [0.2, 0.25) is 5.90 Å². The summed E-state index contributed by atoms with van der Waals surface area (Å²) in [5.41, 5.74) is -0.150. The molecule has 4 fully saturated rings. The summed E-state index contributed by atoms with van der Waals surface area (Å²) in [6.07, 6.45) is 7.22. The minimum Gasteiger partial charge on any atom is -0.481 e. The highest BCUT2D eigenvalue weighted by Gasteiger charge is 2.71. The van der Waals surface area contributed by atoms with E-state index < -0.39 is 22.8 Å². The standard InChI is InChI=1S/C42H59FN2O6S/c1-24(2)33-28(46)22-42(35(45-44)51-52-26-12-10-11-25(43)21-26)20-19-40(8)27(34(33)42)13-14-30-39(7)17-16-31(50-32(47)23-37(3,4)36(48)49)38(5,6)29(39)15-18-41(30,40)9/h10-12,21,24,27,29-31H,13-20,22-23,44H2,1-9H3,(H,48,49)/b45-35-/t27-,29?,30-,31+,39+,40-,41-,42-/m1/s1. The maximum absolute atomic E-state index is 14.1. The van der Waals surface area contributed by atoms with Crippen LogP contribution in [-0.2, 0) is 23.3 Å². The van der Waals surface area contributed by atoms with E-state index in [1.54, 1.807) is 26.0 Å². The molecule has 0 aliphatic heterocycles. The van der Waals surface area contributed by atoms with Gasteiger partial charge in [0.15, 0.2) is 5.78 Å². The fraction of sp³-hybridized carbons (Fsp3) is 0.714. The molecule has 1 aromatic rings. The number of esters is 1. The Labute approximate surface area is 313 Å². The van der Waals surface area contributed by atoms with Gasteiger partial charge in [-0.15, -0.1) is 5.10 Å². The monoisotopic (exact) mass is 738 g/mol. The Balaban J connectivity index is 1.30. The molecule has 0 saturated heterocycles. The number of ether oxygens (including phenoxy) is 1. The number of carbonyl (C=O) groups is 3. The van der Waals surface area contributed by atoms with E-state index in [-0.39, 0.29) is 57.6 Å². The summed E-state index contributed by atoms with van der Waals surface area (Å²) < 4.78 is 26.5. The molecule has 5 aliphatic rings. The summed E-state index contributed by atoms with van der Waals surface area (Å²) in [6.45, 7) is 19.3. The average Bonchev–Trinajstić information content (AvgIpc) is 3.35. The second kappa shape index (κ2) is 13.2. The quantitative estimate of drug-likeness (QED) is 0.0674. The van der Waals surface area contributed by atoms with Crippen LogP contribution in [0.25, 0.3) is 0 Å². The molecule has 0 spiro atoms. The number of benzene rings is 1. The van der Waals surface area contributed by atoms with Crippen molar-refractivity contribution in [1.29, 1.82) is 0 Å². The number of fused-ring (bicyclic) bond motifs is 7. The molecule has 0 radical (unpaired) electrons. The number of halogens is 1. The van der Waals surface area contributed by atoms with Crippen molar-refractivity contribution in [3.05, 3.63) is 41.2 Å². The van der Waals surface area contributed by atoms with E-state index >= 15 is 0 Å². The molecule has 0 amide bonds. The van der Waals surface area contributed by atoms with Crippen LogP contribution in [0, 0.1) is 62.0 Å². The third-order valence-electron chi connectivity index (χ3n) is 15.3. The first-order valence-electron chi connectivity index (χ1n) is 19.3. The van der Waals surface area contributed by atoms with Crippen LogP contribution in [0.5, 0.6) is 0 Å². The molecular weight excluding hydrogens is 680 g/mol. The lowest BCUT2D eigenvalue weighted by Gasteiger charge is -2.72. The van der Waals surface area contributed by atoms with E-state index in [0.717, 1.165) is 62.6 Å². The maximum Gasteiger partial charge on any atom is 0.309 e. The second-order valence-electron chi connectivity index (χ2n) is 19.0. The SMILES string of the molecule is CC(C)C1=C2[C@H]3CC[C@@H]4[C@@]5(C)CC[C@H](OC(=O)CC(C)(C)C(=O)O)C(C)(C)C5CC[C@@]4(C)[C@]3(C)CC[C@@]2(/C(=N/N)OSc2cccc(F)c2)CC1=O. The van der Waals surface area contributed by atoms with Crippen LogP contribution >= 0.6 is 12.0 Å². The average molecular weight is 739 g/mol. The number of aliphatic carboxylic acids is 1. The van der Waals surface area contributed by atoms with Crippen molar-refractivity contribution in [1.82, 2.24) is 0 Å². The third-order valence-corrected chi connectivity index (χ3v) is 16.0. The lowest BCUT2D eigenvalue weighted by Crippen LogP contribution is -2.66. The Morgan fingerprint density at radius 1 is 1.02 bits per heavy atom. The summed E-state index contributed by atoms with van der Waals surface area (Å²) >= 11 is 1.04. The molecule has 8 nitrogen and oxygen atoms in total. The highest BCUT2D eigenvalue weighted by Crippen LogP contribution is 2.77. The maximum atomic E-state index is 14.1. The van der Waals surface area contributed by atoms with Crippen molar-refractivity contribution < 1.29 is 32.8 Å². The number of Topliss-reactive ketones (excluding diaryl/α,β-unsaturated/α-hetero) is 1. The van der Waals surface area contributed by atoms with Crippen molar-refractivity contribution in [2.24, 2.45) is 67.1 Å². The minimum atomic E-state index is -1.18. The van der Waals surface area contributed by atoms with Crippen molar-refractivity contribution >= 4 is 35.7 Å². The molecule has 0 aromatic heterocycles. The number of allylic oxidation sites excluding steroid dienone is 1. The Morgan fingerprint density at radius 2 is 1.73 bits per heavy atom. The summed E-state index contributed by atoms with van der Waals surface area (Å²) in [6, 6.07) is 6.24. The third kappa shape index (κ3) is 5.83. The topological polar surface area (TPSA) is 128 Å². The molecule has 1 aromatic carbocycles. The van der Waals surface area contributed by atoms with E-state index in [1.165, 1.54) is 17.7 Å². The molecule has 8 atom stereocenters. The van der Waals surface area contributed by atoms with E-state index in [1.807, 2.05) is 0 Å². The van der Waals surface area contributed by atoms with Gasteiger partial charge < -0.3 is 19.9 Å². The van der Waals surface area contributed by atoms with Crippen molar-refractivity contribution in [3.63, 3.8) is 0 Å². The molecule has 1 unspecified atom stereocenters. The van der Waals surface area contributed by atoms with Gasteiger partial charge in [0.1, 0.15) is 11.9 Å². The number of carboxylic acid groups (broad SMARTS) is 1. The second-order valence-corrected chi connectivity index (χ2v) is 19.8. The Kier molecular flexibility index (Phi) is 9.82. The molecule has 3 N–H and O–H groups in total. The zero-order valence-corrected chi connectivity index (χ0v) is 33.4. The summed E-state index contributed by atoms with van der Waals surface area (Å²) in [7, 11) is 0. The molecule has 4 saturated carbocycles. The zero-order chi connectivity index (χ0) is 38.2. The van der Waals surface area contributed by atoms with Crippen LogP contribution in [-0.4, -0.2) is 34.8 Å². The molecule has 10 heteroatoms. The van der Waals surface area contributed by atoms with Gasteiger partial charge in [-0.3, -0.25) is 14.4 Å². The summed E-state index contributed by atoms with van der Waals surface area (Å²) in [5.74, 6) is 5.83. The molecule has 0 bridgehead atoms. The Bertz CT molecular complexity index is 1700. The van der Waals surface area contributed by atoms with E-state index in [0.29, 0.717) is 35.5 Å². The summed E-state index contributed by atoms with van der Waals surface area (Å²) in [5, 5.41) is 13.8. The molecule has 52 heavy (non-hydrogen) atoms. The van der Waals surface area contributed by atoms with Crippen molar-refractivity contribution in [2.75, 3.05) is 0 Å². The van der Waals surface area contributed by atoms with Crippen LogP contribution in [0.4, 0.5) is 4.39 Å². The van der Waals surface area contributed by atoms with Crippen molar-refractivity contribution in [2.45, 2.75) is 138 Å². The van der Waals surface area contributed by atoms with E-state index in [2.05, 4.69) is 53.6 Å². The molecule has 0 heterocycles. The molecule has 286 valence electrons. The highest BCUT2D eigenvalue weighted by atomic mass is 32.2. The number of carbonyl (C=O) groups excluding carboxylic acids is 2. The highest BCUT2D eigenvalue weighted by molar-refractivity contribution is 7.95. The number of hydrogen-bond acceptors (Lipinski definition) is 8. The van der Waals surface area contributed by atoms with Crippen LogP contribution in [0.1, 0.15) is 127 Å². The number of carboxylic acids is 1. The van der Waals surface area contributed by atoms with Gasteiger partial charge in [0.25, 0.3) is 0 Å². The van der Waals surface area contributed by atoms with Crippen LogP contribution < -0.4 is 5.84 Å². The van der Waals surface area contributed by atoms with Gasteiger partial charge >= 0.3 is 11.9 Å². The molecule has 5 aliphatic carbocycles. The number of rotatable bonds is 8. The van der Waals surface area contributed by atoms with Gasteiger partial charge in [0.05, 0.1) is 34.2 Å². The number of nitrogens with two attached hydrogens (primary N) is 1. The van der Waals surface area contributed by atoms with Gasteiger partial charge in [-0.05, 0) is 134 Å². The lowest BCUT2D eigenvalue weighted by molar-refractivity contribution is -0.232. The van der Waals surface area contributed by atoms with Crippen LogP contribution in [0.2, 0.25) is 0 Å². The Morgan fingerprint density at radius 3 is 2.37 bits per heavy atom. The van der Waals surface area contributed by atoms with Gasteiger partial charge in [-0.25, -0.2) is 4.39 Å². The Hall–Kier alpha value is -2.88. The fourth-order valence-corrected chi connectivity index (χ4v) is 13.2. The predicted octanol–water partition coefficient (Wildman–Crippen LogP) is 9.52. The summed E-state index contributed by atoms with van der Waals surface area (Å²) in [4.78, 5) is 39.5. The van der Waals surface area contributed by atoms with Crippen molar-refractivity contribution in [3.8, 4) is 0 Å². The largest absolute Gasteiger partial charge is 0.481 e. The van der Waals surface area contributed by atoms with Gasteiger partial charge in [-0.2, -0.15) is 0 Å². The van der Waals surface area contributed by atoms with Crippen LogP contribution in [0.15, 0.2) is 45.4 Å². The minimum absolute atomic E-state index is 0.00362. The predicted molar refractivity (Wildman–Crippen MR) is 200 cm³/mol. The first kappa shape index (κ1) is 38.8. The van der Waals surface area contributed by atoms with Crippen LogP contribution in [0.3, 0.4) is 0 Å². The fourth-order valence-electron chi connectivity index (χ4n) is 12.5. The number of ketones is 1. The number of hydrazone groups is 1. The lowest BCUT2D eigenvalue weighted by atomic mass is 9.33. The normalized spacial score (nSPS) is 37.1.